The molecule has 5 atom stereocenters. The van der Waals surface area contributed by atoms with Crippen molar-refractivity contribution in [2.75, 3.05) is 25.0 Å². The number of hydrogen-bond donors (Lipinski definition) is 8. The van der Waals surface area contributed by atoms with Gasteiger partial charge in [0.2, 0.25) is 11.9 Å². The Balaban J connectivity index is 1.52. The van der Waals surface area contributed by atoms with Crippen molar-refractivity contribution in [3.8, 4) is 0 Å². The van der Waals surface area contributed by atoms with E-state index < -0.39 is 43.2 Å². The minimum atomic E-state index is -1.27. The number of carbonyl (C=O) groups is 2. The van der Waals surface area contributed by atoms with Gasteiger partial charge in [0.05, 0.1) is 19.0 Å². The monoisotopic (exact) mass is 499 g/mol. The summed E-state index contributed by atoms with van der Waals surface area (Å²) in [6.45, 7) is 0.453. The van der Waals surface area contributed by atoms with E-state index in [0.717, 1.165) is 0 Å². The molecule has 1 aliphatic rings. The van der Waals surface area contributed by atoms with Crippen LogP contribution in [-0.2, 0) is 14.3 Å². The quantitative estimate of drug-likeness (QED) is 0.125. The number of carbonyl (C=O) groups excluding carboxylic acids is 1. The number of nitrogens with zero attached hydrogens (tertiary/aromatic N) is 3. The largest absolute Gasteiger partial charge is 0.481 e. The Morgan fingerprint density at radius 2 is 2.03 bits per heavy atom. The zero-order valence-corrected chi connectivity index (χ0v) is 19.1. The normalized spacial score (nSPS) is 23.2. The number of carboxylic acids is 1. The number of rotatable bonds is 12. The van der Waals surface area contributed by atoms with Gasteiger partial charge >= 0.3 is 5.97 Å². The van der Waals surface area contributed by atoms with Crippen LogP contribution < -0.4 is 16.4 Å². The number of fused-ring (bicyclic) bond motifs is 1. The van der Waals surface area contributed by atoms with E-state index in [1.165, 1.54) is 10.9 Å². The van der Waals surface area contributed by atoms with Gasteiger partial charge in [0, 0.05) is 19.5 Å². The minimum absolute atomic E-state index is 0.0786. The Hall–Kier alpha value is -2.69. The van der Waals surface area contributed by atoms with Gasteiger partial charge in [-0.1, -0.05) is 12.2 Å². The van der Waals surface area contributed by atoms with Crippen molar-refractivity contribution in [3.05, 3.63) is 11.0 Å². The van der Waals surface area contributed by atoms with Gasteiger partial charge in [0.1, 0.15) is 29.5 Å². The lowest BCUT2D eigenvalue weighted by Gasteiger charge is -2.17. The molecule has 0 radical (unpaired) electrons. The smallest absolute Gasteiger partial charge is 0.303 e. The lowest BCUT2D eigenvalue weighted by atomic mass is 10.1. The van der Waals surface area contributed by atoms with E-state index in [2.05, 4.69) is 25.6 Å². The summed E-state index contributed by atoms with van der Waals surface area (Å²) >= 11 is 5.30. The van der Waals surface area contributed by atoms with E-state index in [-0.39, 0.29) is 23.4 Å². The van der Waals surface area contributed by atoms with Crippen molar-refractivity contribution in [1.82, 2.24) is 24.8 Å². The van der Waals surface area contributed by atoms with Crippen LogP contribution in [0.1, 0.15) is 31.9 Å². The van der Waals surface area contributed by atoms with Gasteiger partial charge in [-0.25, -0.2) is 9.97 Å². The van der Waals surface area contributed by atoms with E-state index in [4.69, 9.17) is 27.8 Å². The Morgan fingerprint density at radius 3 is 2.71 bits per heavy atom. The highest BCUT2D eigenvalue weighted by Crippen LogP contribution is 2.31. The first-order valence-corrected chi connectivity index (χ1v) is 11.2. The van der Waals surface area contributed by atoms with Gasteiger partial charge in [0.25, 0.3) is 0 Å². The fourth-order valence-electron chi connectivity index (χ4n) is 3.53. The Morgan fingerprint density at radius 1 is 1.29 bits per heavy atom. The second-order valence-electron chi connectivity index (χ2n) is 7.93. The molecule has 1 amide bonds. The van der Waals surface area contributed by atoms with Crippen LogP contribution in [0, 0.1) is 4.64 Å². The summed E-state index contributed by atoms with van der Waals surface area (Å²) in [6.07, 6.45) is -1.76. The number of nitrogens with one attached hydrogen (secondary N) is 3. The molecular weight excluding hydrogens is 470 g/mol. The number of amides is 1. The molecule has 2 aromatic heterocycles. The standard InChI is InChI=1S/C19H29N7O7S/c20-9(3-4-11(28)29)16(32)21-5-1-2-6-22-19-24-15-12(17(34)25-19)23-8-26(15)18-14(31)13(30)10(7-27)33-18/h8-10,13-14,18,27,30-31H,1-7,20H2,(H,21,32)(H,28,29)(H2,22,24,25,34)/t9?,10-,13?,14+,18-/m1/s1. The summed E-state index contributed by atoms with van der Waals surface area (Å²) < 4.78 is 7.28. The number of aromatic nitrogens is 4. The zero-order valence-electron chi connectivity index (χ0n) is 18.3. The first-order valence-electron chi connectivity index (χ1n) is 10.8. The lowest BCUT2D eigenvalue weighted by molar-refractivity contribution is -0.137. The Kier molecular flexibility index (Phi) is 8.87. The summed E-state index contributed by atoms with van der Waals surface area (Å²) in [7, 11) is 0. The number of aliphatic hydroxyl groups excluding tert-OH is 3. The van der Waals surface area contributed by atoms with Crippen molar-refractivity contribution in [2.45, 2.75) is 56.3 Å². The fourth-order valence-corrected chi connectivity index (χ4v) is 3.77. The number of aliphatic carboxylic acids is 1. The number of nitrogens with two attached hydrogens (primary N) is 1. The lowest BCUT2D eigenvalue weighted by Crippen LogP contribution is -2.41. The Bertz CT molecular complexity index is 1060. The van der Waals surface area contributed by atoms with E-state index >= 15 is 0 Å². The molecule has 3 heterocycles. The van der Waals surface area contributed by atoms with E-state index in [1.54, 1.807) is 0 Å². The van der Waals surface area contributed by atoms with Gasteiger partial charge in [0.15, 0.2) is 10.9 Å². The van der Waals surface area contributed by atoms with Crippen molar-refractivity contribution >= 4 is 41.2 Å². The zero-order chi connectivity index (χ0) is 24.8. The van der Waals surface area contributed by atoms with Crippen LogP contribution in [0.3, 0.4) is 0 Å². The van der Waals surface area contributed by atoms with Crippen LogP contribution in [0.5, 0.6) is 0 Å². The van der Waals surface area contributed by atoms with Crippen LogP contribution in [0.4, 0.5) is 5.95 Å². The van der Waals surface area contributed by atoms with Crippen molar-refractivity contribution in [3.63, 3.8) is 0 Å². The van der Waals surface area contributed by atoms with Crippen molar-refractivity contribution in [2.24, 2.45) is 5.73 Å². The van der Waals surface area contributed by atoms with Crippen LogP contribution >= 0.6 is 12.2 Å². The maximum Gasteiger partial charge on any atom is 0.303 e. The fraction of sp³-hybridized carbons (Fsp3) is 0.632. The first-order chi connectivity index (χ1) is 16.2. The maximum atomic E-state index is 11.8. The highest BCUT2D eigenvalue weighted by molar-refractivity contribution is 7.71. The predicted molar refractivity (Wildman–Crippen MR) is 121 cm³/mol. The molecular formula is C19H29N7O7S. The summed E-state index contributed by atoms with van der Waals surface area (Å²) in [5.41, 5.74) is 6.47. The third kappa shape index (κ3) is 6.05. The van der Waals surface area contributed by atoms with Crippen molar-refractivity contribution < 1.29 is 34.8 Å². The molecule has 3 rings (SSSR count). The molecule has 2 unspecified atom stereocenters. The highest BCUT2D eigenvalue weighted by Gasteiger charge is 2.43. The molecule has 2 aromatic rings. The number of unbranched alkanes of at least 4 members (excludes halogenated alkanes) is 1. The number of anilines is 1. The number of imidazole rings is 1. The molecule has 1 saturated heterocycles. The SMILES string of the molecule is NC(CCC(=O)O)C(=O)NCCCCNc1nc(=S)c2ncn([C@@H]3O[C@H](CO)C(O)[C@@H]3O)c2[nH]1. The number of hydrogen-bond acceptors (Lipinski definition) is 11. The highest BCUT2D eigenvalue weighted by atomic mass is 32.1. The molecule has 0 saturated carbocycles. The number of ether oxygens (including phenoxy) is 1. The molecule has 15 heteroatoms. The number of aliphatic hydroxyl groups is 3. The van der Waals surface area contributed by atoms with Gasteiger partial charge in [-0.15, -0.1) is 0 Å². The van der Waals surface area contributed by atoms with Gasteiger partial charge in [-0.2, -0.15) is 0 Å². The first kappa shape index (κ1) is 25.9. The summed E-state index contributed by atoms with van der Waals surface area (Å²) in [5.74, 6) is -1.02. The molecule has 188 valence electrons. The predicted octanol–water partition coefficient (Wildman–Crippen LogP) is -1.40. The second kappa shape index (κ2) is 11.6. The third-order valence-corrected chi connectivity index (χ3v) is 5.72. The molecule has 9 N–H and O–H groups in total. The van der Waals surface area contributed by atoms with E-state index in [1.807, 2.05) is 0 Å². The number of aromatic amines is 1. The van der Waals surface area contributed by atoms with Crippen LogP contribution in [0.2, 0.25) is 0 Å². The van der Waals surface area contributed by atoms with Crippen LogP contribution in [0.15, 0.2) is 6.33 Å². The van der Waals surface area contributed by atoms with E-state index in [0.29, 0.717) is 43.0 Å². The Labute approximate surface area is 199 Å². The molecule has 0 bridgehead atoms. The summed E-state index contributed by atoms with van der Waals surface area (Å²) in [6, 6.07) is -0.855. The summed E-state index contributed by atoms with van der Waals surface area (Å²) in [4.78, 5) is 33.9. The molecule has 14 nitrogen and oxygen atoms in total. The molecule has 34 heavy (non-hydrogen) atoms. The number of carboxylic acid groups (broad SMARTS) is 1. The van der Waals surface area contributed by atoms with Crippen molar-refractivity contribution in [1.29, 1.82) is 0 Å². The molecule has 1 fully saturated rings. The van der Waals surface area contributed by atoms with Gasteiger partial charge in [-0.3, -0.25) is 14.2 Å². The van der Waals surface area contributed by atoms with E-state index in [9.17, 15) is 24.9 Å². The molecule has 0 aliphatic carbocycles. The number of H-pyrrole nitrogens is 1. The average Bonchev–Trinajstić information content (AvgIpc) is 3.35. The summed E-state index contributed by atoms with van der Waals surface area (Å²) in [5, 5.41) is 44.1. The average molecular weight is 500 g/mol. The van der Waals surface area contributed by atoms with Gasteiger partial charge < -0.3 is 46.5 Å². The molecule has 1 aliphatic heterocycles. The second-order valence-corrected chi connectivity index (χ2v) is 8.32. The maximum absolute atomic E-state index is 11.8. The third-order valence-electron chi connectivity index (χ3n) is 5.44. The van der Waals surface area contributed by atoms with Crippen LogP contribution in [0.25, 0.3) is 11.2 Å². The minimum Gasteiger partial charge on any atom is -0.481 e. The topological polar surface area (TPSA) is 221 Å². The molecule has 0 aromatic carbocycles. The van der Waals surface area contributed by atoms with Gasteiger partial charge in [-0.05, 0) is 19.3 Å². The van der Waals surface area contributed by atoms with Crippen LogP contribution in [-0.4, -0.2) is 95.9 Å². The molecule has 0 spiro atoms.